The van der Waals surface area contributed by atoms with Gasteiger partial charge in [0.25, 0.3) is 0 Å². The molecular weight excluding hydrogens is 318 g/mol. The second kappa shape index (κ2) is 6.55. The molecule has 0 aliphatic carbocycles. The van der Waals surface area contributed by atoms with E-state index in [-0.39, 0.29) is 0 Å². The lowest BCUT2D eigenvalue weighted by Gasteiger charge is -2.05. The van der Waals surface area contributed by atoms with Crippen LogP contribution in [0.4, 0.5) is 11.6 Å². The first-order valence-corrected chi connectivity index (χ1v) is 8.28. The van der Waals surface area contributed by atoms with E-state index >= 15 is 0 Å². The number of hydrogen-bond acceptors (Lipinski definition) is 6. The van der Waals surface area contributed by atoms with Crippen LogP contribution in [0, 0.1) is 0 Å². The standard InChI is InChI=1S/C18H13N5S/c1-2-8-19-15(7-1)17-23-16(12-24-17)13-5-3-6-14(11-13)22-18-20-9-4-10-21-18/h1-12H,(H,20,21,22). The number of rotatable bonds is 4. The number of nitrogens with zero attached hydrogens (tertiary/aromatic N) is 4. The van der Waals surface area contributed by atoms with Crippen molar-refractivity contribution in [2.45, 2.75) is 0 Å². The first-order chi connectivity index (χ1) is 11.9. The molecular formula is C18H13N5S. The van der Waals surface area contributed by atoms with Gasteiger partial charge in [0.15, 0.2) is 0 Å². The van der Waals surface area contributed by atoms with Crippen LogP contribution < -0.4 is 5.32 Å². The van der Waals surface area contributed by atoms with Crippen LogP contribution in [-0.4, -0.2) is 19.9 Å². The molecule has 0 atom stereocenters. The first-order valence-electron chi connectivity index (χ1n) is 7.40. The highest BCUT2D eigenvalue weighted by atomic mass is 32.1. The van der Waals surface area contributed by atoms with Crippen LogP contribution in [0.2, 0.25) is 0 Å². The molecule has 4 rings (SSSR count). The number of hydrogen-bond donors (Lipinski definition) is 1. The lowest BCUT2D eigenvalue weighted by Crippen LogP contribution is -1.95. The summed E-state index contributed by atoms with van der Waals surface area (Å²) >= 11 is 1.59. The van der Waals surface area contributed by atoms with Gasteiger partial charge in [0.2, 0.25) is 5.95 Å². The lowest BCUT2D eigenvalue weighted by molar-refractivity contribution is 1.17. The zero-order valence-corrected chi connectivity index (χ0v) is 13.4. The molecule has 116 valence electrons. The van der Waals surface area contributed by atoms with E-state index < -0.39 is 0 Å². The van der Waals surface area contributed by atoms with Crippen LogP contribution in [0.1, 0.15) is 0 Å². The van der Waals surface area contributed by atoms with Gasteiger partial charge < -0.3 is 5.32 Å². The van der Waals surface area contributed by atoms with Gasteiger partial charge in [-0.1, -0.05) is 18.2 Å². The molecule has 5 nitrogen and oxygen atoms in total. The van der Waals surface area contributed by atoms with Crippen molar-refractivity contribution in [1.29, 1.82) is 0 Å². The van der Waals surface area contributed by atoms with Crippen LogP contribution in [0.5, 0.6) is 0 Å². The summed E-state index contributed by atoms with van der Waals surface area (Å²) in [5, 5.41) is 6.15. The normalized spacial score (nSPS) is 10.5. The number of pyridine rings is 1. The Kier molecular flexibility index (Phi) is 3.95. The minimum atomic E-state index is 0.571. The van der Waals surface area contributed by atoms with Crippen molar-refractivity contribution >= 4 is 23.0 Å². The average Bonchev–Trinajstić information content (AvgIpc) is 3.14. The summed E-state index contributed by atoms with van der Waals surface area (Å²) in [7, 11) is 0. The van der Waals surface area contributed by atoms with Gasteiger partial charge in [0.05, 0.1) is 11.4 Å². The highest BCUT2D eigenvalue weighted by molar-refractivity contribution is 7.13. The summed E-state index contributed by atoms with van der Waals surface area (Å²) in [6, 6.07) is 15.7. The Hall–Kier alpha value is -3.12. The topological polar surface area (TPSA) is 63.6 Å². The Morgan fingerprint density at radius 3 is 2.50 bits per heavy atom. The van der Waals surface area contributed by atoms with E-state index in [0.29, 0.717) is 5.95 Å². The van der Waals surface area contributed by atoms with Gasteiger partial charge in [-0.15, -0.1) is 11.3 Å². The molecule has 0 spiro atoms. The average molecular weight is 331 g/mol. The van der Waals surface area contributed by atoms with Crippen molar-refractivity contribution in [3.8, 4) is 22.0 Å². The van der Waals surface area contributed by atoms with Gasteiger partial charge in [-0.25, -0.2) is 15.0 Å². The van der Waals surface area contributed by atoms with Crippen molar-refractivity contribution in [3.63, 3.8) is 0 Å². The van der Waals surface area contributed by atoms with Crippen LogP contribution in [0.15, 0.2) is 72.5 Å². The number of aromatic nitrogens is 4. The predicted molar refractivity (Wildman–Crippen MR) is 96.1 cm³/mol. The fraction of sp³-hybridized carbons (Fsp3) is 0. The molecule has 0 aliphatic heterocycles. The molecule has 0 unspecified atom stereocenters. The molecule has 0 saturated carbocycles. The summed E-state index contributed by atoms with van der Waals surface area (Å²) in [4.78, 5) is 17.4. The van der Waals surface area contributed by atoms with Crippen molar-refractivity contribution < 1.29 is 0 Å². The summed E-state index contributed by atoms with van der Waals surface area (Å²) in [5.74, 6) is 0.571. The van der Waals surface area contributed by atoms with Gasteiger partial charge in [0, 0.05) is 35.2 Å². The fourth-order valence-corrected chi connectivity index (χ4v) is 3.07. The zero-order chi connectivity index (χ0) is 16.2. The van der Waals surface area contributed by atoms with Gasteiger partial charge in [0.1, 0.15) is 5.01 Å². The molecule has 6 heteroatoms. The maximum absolute atomic E-state index is 4.70. The molecule has 0 saturated heterocycles. The Morgan fingerprint density at radius 1 is 0.792 bits per heavy atom. The number of thiazole rings is 1. The smallest absolute Gasteiger partial charge is 0.227 e. The molecule has 0 amide bonds. The molecule has 1 N–H and O–H groups in total. The molecule has 24 heavy (non-hydrogen) atoms. The quantitative estimate of drug-likeness (QED) is 0.600. The Balaban J connectivity index is 1.61. The molecule has 3 heterocycles. The van der Waals surface area contributed by atoms with Crippen molar-refractivity contribution in [2.24, 2.45) is 0 Å². The fourth-order valence-electron chi connectivity index (χ4n) is 2.26. The van der Waals surface area contributed by atoms with E-state index in [2.05, 4.69) is 20.3 Å². The Bertz CT molecular complexity index is 938. The highest BCUT2D eigenvalue weighted by Crippen LogP contribution is 2.29. The lowest BCUT2D eigenvalue weighted by atomic mass is 10.1. The maximum atomic E-state index is 4.70. The van der Waals surface area contributed by atoms with E-state index in [0.717, 1.165) is 27.6 Å². The third-order valence-corrected chi connectivity index (χ3v) is 4.23. The van der Waals surface area contributed by atoms with Gasteiger partial charge in [-0.05, 0) is 30.3 Å². The summed E-state index contributed by atoms with van der Waals surface area (Å²) in [5.41, 5.74) is 3.78. The van der Waals surface area contributed by atoms with Crippen LogP contribution in [0.3, 0.4) is 0 Å². The monoisotopic (exact) mass is 331 g/mol. The SMILES string of the molecule is c1ccc(-c2nc(-c3cccc(Nc4ncccn4)c3)cs2)nc1. The van der Waals surface area contributed by atoms with Crippen LogP contribution in [0.25, 0.3) is 22.0 Å². The van der Waals surface area contributed by atoms with Crippen molar-refractivity contribution in [2.75, 3.05) is 5.32 Å². The van der Waals surface area contributed by atoms with Crippen LogP contribution >= 0.6 is 11.3 Å². The van der Waals surface area contributed by atoms with Crippen molar-refractivity contribution in [3.05, 3.63) is 72.5 Å². The predicted octanol–water partition coefficient (Wildman–Crippen LogP) is 4.41. The zero-order valence-electron chi connectivity index (χ0n) is 12.6. The third-order valence-electron chi connectivity index (χ3n) is 3.37. The number of anilines is 2. The minimum Gasteiger partial charge on any atom is -0.324 e. The molecule has 0 fully saturated rings. The van der Waals surface area contributed by atoms with E-state index in [1.165, 1.54) is 0 Å². The molecule has 4 aromatic rings. The van der Waals surface area contributed by atoms with E-state index in [1.54, 1.807) is 36.0 Å². The molecule has 1 aromatic carbocycles. The Morgan fingerprint density at radius 2 is 1.67 bits per heavy atom. The first kappa shape index (κ1) is 14.5. The van der Waals surface area contributed by atoms with Crippen LogP contribution in [-0.2, 0) is 0 Å². The van der Waals surface area contributed by atoms with E-state index in [9.17, 15) is 0 Å². The van der Waals surface area contributed by atoms with Gasteiger partial charge in [-0.2, -0.15) is 0 Å². The number of benzene rings is 1. The van der Waals surface area contributed by atoms with Gasteiger partial charge >= 0.3 is 0 Å². The molecule has 3 aromatic heterocycles. The highest BCUT2D eigenvalue weighted by Gasteiger charge is 2.08. The van der Waals surface area contributed by atoms with E-state index in [4.69, 9.17) is 4.98 Å². The maximum Gasteiger partial charge on any atom is 0.227 e. The van der Waals surface area contributed by atoms with E-state index in [1.807, 2.05) is 47.8 Å². The second-order valence-electron chi connectivity index (χ2n) is 5.03. The molecule has 0 bridgehead atoms. The minimum absolute atomic E-state index is 0.571. The Labute approximate surface area is 143 Å². The summed E-state index contributed by atoms with van der Waals surface area (Å²) < 4.78 is 0. The molecule has 0 aliphatic rings. The van der Waals surface area contributed by atoms with Crippen molar-refractivity contribution in [1.82, 2.24) is 19.9 Å². The second-order valence-corrected chi connectivity index (χ2v) is 5.89. The number of nitrogens with one attached hydrogen (secondary N) is 1. The summed E-state index contributed by atoms with van der Waals surface area (Å²) in [6.45, 7) is 0. The third kappa shape index (κ3) is 3.13. The largest absolute Gasteiger partial charge is 0.324 e. The van der Waals surface area contributed by atoms with Gasteiger partial charge in [-0.3, -0.25) is 4.98 Å². The molecule has 0 radical (unpaired) electrons. The summed E-state index contributed by atoms with van der Waals surface area (Å²) in [6.07, 6.45) is 5.19.